The van der Waals surface area contributed by atoms with Crippen LogP contribution in [0.15, 0.2) is 96.3 Å². The molecule has 136 valence electrons. The van der Waals surface area contributed by atoms with E-state index >= 15 is 0 Å². The van der Waals surface area contributed by atoms with E-state index in [1.54, 1.807) is 6.07 Å². The second-order valence-corrected chi connectivity index (χ2v) is 7.40. The summed E-state index contributed by atoms with van der Waals surface area (Å²) in [6.07, 6.45) is 0. The van der Waals surface area contributed by atoms with Crippen LogP contribution in [0.3, 0.4) is 0 Å². The van der Waals surface area contributed by atoms with Gasteiger partial charge in [-0.1, -0.05) is 48.5 Å². The van der Waals surface area contributed by atoms with Crippen LogP contribution >= 0.6 is 0 Å². The van der Waals surface area contributed by atoms with Crippen LogP contribution in [0.5, 0.6) is 5.75 Å². The van der Waals surface area contributed by atoms with Crippen molar-refractivity contribution in [3.63, 3.8) is 0 Å². The van der Waals surface area contributed by atoms with Crippen LogP contribution in [0.4, 0.5) is 0 Å². The van der Waals surface area contributed by atoms with Crippen molar-refractivity contribution in [3.05, 3.63) is 95.9 Å². The predicted molar refractivity (Wildman–Crippen MR) is 120 cm³/mol. The molecule has 0 N–H and O–H groups in total. The number of hydrogen-bond donors (Lipinski definition) is 0. The minimum absolute atomic E-state index is 0.475. The molecule has 29 heavy (non-hydrogen) atoms. The van der Waals surface area contributed by atoms with Gasteiger partial charge in [-0.3, -0.25) is 0 Å². The third-order valence-electron chi connectivity index (χ3n) is 5.75. The lowest BCUT2D eigenvalue weighted by Gasteiger charge is -2.10. The van der Waals surface area contributed by atoms with E-state index in [2.05, 4.69) is 78.1 Å². The Hall–Kier alpha value is -3.98. The first-order valence-corrected chi connectivity index (χ1v) is 9.52. The number of benzene rings is 6. The van der Waals surface area contributed by atoms with Crippen molar-refractivity contribution in [3.8, 4) is 5.75 Å². The second-order valence-electron chi connectivity index (χ2n) is 7.40. The fraction of sp³-hybridized carbons (Fsp3) is 0. The van der Waals surface area contributed by atoms with E-state index < -0.39 is 0 Å². The van der Waals surface area contributed by atoms with Gasteiger partial charge in [0, 0.05) is 5.39 Å². The van der Waals surface area contributed by atoms with Gasteiger partial charge in [-0.2, -0.15) is 0 Å². The Morgan fingerprint density at radius 1 is 0.483 bits per heavy atom. The Morgan fingerprint density at radius 2 is 1.03 bits per heavy atom. The smallest absolute Gasteiger partial charge is 0.169 e. The van der Waals surface area contributed by atoms with Crippen LogP contribution in [-0.2, 0) is 0 Å². The van der Waals surface area contributed by atoms with Crippen LogP contribution in [0, 0.1) is 4.91 Å². The summed E-state index contributed by atoms with van der Waals surface area (Å²) in [7, 11) is 0. The van der Waals surface area contributed by atoms with Crippen LogP contribution in [0.1, 0.15) is 0 Å². The maximum Gasteiger partial charge on any atom is 0.169 e. The molecule has 0 aliphatic rings. The molecule has 0 radical (unpaired) electrons. The first-order chi connectivity index (χ1) is 14.3. The van der Waals surface area contributed by atoms with Crippen LogP contribution in [0.2, 0.25) is 0 Å². The van der Waals surface area contributed by atoms with Gasteiger partial charge in [0.2, 0.25) is 0 Å². The van der Waals surface area contributed by atoms with Gasteiger partial charge >= 0.3 is 0 Å². The molecular weight excluding hydrogens is 358 g/mol. The molecule has 6 rings (SSSR count). The lowest BCUT2D eigenvalue weighted by Crippen LogP contribution is -1.85. The van der Waals surface area contributed by atoms with Crippen LogP contribution < -0.4 is 4.84 Å². The Labute approximate surface area is 166 Å². The number of hydrogen-bond acceptors (Lipinski definition) is 3. The average molecular weight is 373 g/mol. The van der Waals surface area contributed by atoms with Gasteiger partial charge in [0.1, 0.15) is 0 Å². The molecule has 0 fully saturated rings. The largest absolute Gasteiger partial charge is 0.323 e. The van der Waals surface area contributed by atoms with E-state index in [0.29, 0.717) is 5.75 Å². The predicted octanol–water partition coefficient (Wildman–Crippen LogP) is 7.51. The first kappa shape index (κ1) is 16.0. The van der Waals surface area contributed by atoms with E-state index in [1.807, 2.05) is 12.1 Å². The van der Waals surface area contributed by atoms with Crippen molar-refractivity contribution >= 4 is 53.9 Å². The fourth-order valence-electron chi connectivity index (χ4n) is 4.37. The van der Waals surface area contributed by atoms with Crippen molar-refractivity contribution in [1.82, 2.24) is 0 Å². The fourth-order valence-corrected chi connectivity index (χ4v) is 4.37. The average Bonchev–Trinajstić information content (AvgIpc) is 2.75. The molecule has 0 spiro atoms. The van der Waals surface area contributed by atoms with Crippen molar-refractivity contribution in [2.24, 2.45) is 5.34 Å². The van der Waals surface area contributed by atoms with Gasteiger partial charge < -0.3 is 4.84 Å². The molecule has 6 aromatic carbocycles. The summed E-state index contributed by atoms with van der Waals surface area (Å²) < 4.78 is 0. The minimum atomic E-state index is 0.475. The summed E-state index contributed by atoms with van der Waals surface area (Å²) in [5, 5.41) is 14.1. The molecular formula is C26H15NO2. The quantitative estimate of drug-likeness (QED) is 0.136. The van der Waals surface area contributed by atoms with E-state index in [4.69, 9.17) is 4.84 Å². The van der Waals surface area contributed by atoms with Gasteiger partial charge in [0.25, 0.3) is 0 Å². The normalized spacial score (nSPS) is 11.6. The summed E-state index contributed by atoms with van der Waals surface area (Å²) in [5.41, 5.74) is 0. The maximum atomic E-state index is 10.7. The molecule has 0 aliphatic carbocycles. The molecule has 0 heterocycles. The van der Waals surface area contributed by atoms with Gasteiger partial charge in [-0.25, -0.2) is 0 Å². The number of fused-ring (bicyclic) bond motifs is 6. The highest BCUT2D eigenvalue weighted by atomic mass is 16.7. The third-order valence-corrected chi connectivity index (χ3v) is 5.75. The Kier molecular flexibility index (Phi) is 3.32. The van der Waals surface area contributed by atoms with Crippen molar-refractivity contribution in [2.75, 3.05) is 0 Å². The van der Waals surface area contributed by atoms with Crippen molar-refractivity contribution in [1.29, 1.82) is 0 Å². The van der Waals surface area contributed by atoms with Gasteiger partial charge in [0.05, 0.1) is 0 Å². The number of rotatable bonds is 2. The molecule has 0 saturated carbocycles. The lowest BCUT2D eigenvalue weighted by atomic mass is 9.94. The Balaban J connectivity index is 1.73. The zero-order chi connectivity index (χ0) is 19.4. The highest BCUT2D eigenvalue weighted by Gasteiger charge is 2.09. The van der Waals surface area contributed by atoms with Gasteiger partial charge in [-0.05, 0) is 90.9 Å². The summed E-state index contributed by atoms with van der Waals surface area (Å²) in [5.74, 6) is 0.475. The standard InChI is InChI=1S/C26H15NO2/c28-27-29-26-7-3-6-18-12-19-8-9-20-13-21-10-16-4-1-2-5-17(16)11-22(21)14-23(20)24(19)15-25(18)26/h1-15H. The van der Waals surface area contributed by atoms with Crippen molar-refractivity contribution in [2.45, 2.75) is 0 Å². The molecule has 3 heteroatoms. The lowest BCUT2D eigenvalue weighted by molar-refractivity contribution is 0.339. The number of nitrogens with zero attached hydrogens (tertiary/aromatic N) is 1. The summed E-state index contributed by atoms with van der Waals surface area (Å²) >= 11 is 0. The minimum Gasteiger partial charge on any atom is -0.323 e. The van der Waals surface area contributed by atoms with Crippen LogP contribution in [0.25, 0.3) is 53.9 Å². The highest BCUT2D eigenvalue weighted by molar-refractivity contribution is 6.16. The highest BCUT2D eigenvalue weighted by Crippen LogP contribution is 2.36. The molecule has 0 atom stereocenters. The Bertz CT molecular complexity index is 1600. The van der Waals surface area contributed by atoms with Gasteiger partial charge in [0.15, 0.2) is 11.1 Å². The molecule has 0 aliphatic heterocycles. The molecule has 0 saturated heterocycles. The maximum absolute atomic E-state index is 10.7. The molecule has 0 aromatic heterocycles. The van der Waals surface area contributed by atoms with Crippen molar-refractivity contribution < 1.29 is 4.84 Å². The van der Waals surface area contributed by atoms with E-state index in [-0.39, 0.29) is 0 Å². The molecule has 0 amide bonds. The first-order valence-electron chi connectivity index (χ1n) is 9.52. The SMILES string of the molecule is O=NOc1cccc2cc3ccc4cc5cc6ccccc6cc5cc4c3cc12. The zero-order valence-corrected chi connectivity index (χ0v) is 15.4. The van der Waals surface area contributed by atoms with Crippen LogP contribution in [-0.4, -0.2) is 0 Å². The summed E-state index contributed by atoms with van der Waals surface area (Å²) in [4.78, 5) is 15.6. The summed E-state index contributed by atoms with van der Waals surface area (Å²) in [6, 6.07) is 31.6. The second kappa shape index (κ2) is 6.01. The van der Waals surface area contributed by atoms with E-state index in [0.717, 1.165) is 21.5 Å². The zero-order valence-electron chi connectivity index (χ0n) is 15.4. The Morgan fingerprint density at radius 3 is 1.76 bits per heavy atom. The van der Waals surface area contributed by atoms with Gasteiger partial charge in [-0.15, -0.1) is 4.91 Å². The van der Waals surface area contributed by atoms with E-state index in [1.165, 1.54) is 32.3 Å². The molecule has 6 aromatic rings. The third kappa shape index (κ3) is 2.44. The summed E-state index contributed by atoms with van der Waals surface area (Å²) in [6.45, 7) is 0. The monoisotopic (exact) mass is 373 g/mol. The molecule has 0 bridgehead atoms. The molecule has 3 nitrogen and oxygen atoms in total. The topological polar surface area (TPSA) is 38.7 Å². The molecule has 0 unspecified atom stereocenters. The van der Waals surface area contributed by atoms with E-state index in [9.17, 15) is 4.91 Å².